The van der Waals surface area contributed by atoms with Crippen LogP contribution < -0.4 is 10.2 Å². The molecule has 0 aliphatic carbocycles. The van der Waals surface area contributed by atoms with Crippen LogP contribution in [0.4, 0.5) is 10.1 Å². The van der Waals surface area contributed by atoms with Crippen molar-refractivity contribution in [2.75, 3.05) is 24.5 Å². The van der Waals surface area contributed by atoms with Gasteiger partial charge in [0, 0.05) is 31.2 Å². The first-order valence-electron chi connectivity index (χ1n) is 7.92. The van der Waals surface area contributed by atoms with Gasteiger partial charge in [-0.2, -0.15) is 0 Å². The lowest BCUT2D eigenvalue weighted by Crippen LogP contribution is -2.35. The van der Waals surface area contributed by atoms with Crippen molar-refractivity contribution < 1.29 is 9.18 Å². The van der Waals surface area contributed by atoms with E-state index in [0.29, 0.717) is 5.92 Å². The van der Waals surface area contributed by atoms with Gasteiger partial charge in [0.1, 0.15) is 5.82 Å². The molecule has 1 aromatic rings. The average molecular weight is 292 g/mol. The molecule has 0 aromatic heterocycles. The Hall–Kier alpha value is -1.58. The molecule has 1 saturated heterocycles. The monoisotopic (exact) mass is 292 g/mol. The maximum absolute atomic E-state index is 12.9. The van der Waals surface area contributed by atoms with Gasteiger partial charge in [-0.3, -0.25) is 4.79 Å². The summed E-state index contributed by atoms with van der Waals surface area (Å²) in [5, 5.41) is 3.08. The first-order valence-corrected chi connectivity index (χ1v) is 7.92. The molecule has 3 nitrogen and oxygen atoms in total. The van der Waals surface area contributed by atoms with Gasteiger partial charge in [-0.25, -0.2) is 4.39 Å². The van der Waals surface area contributed by atoms with Gasteiger partial charge < -0.3 is 10.2 Å². The number of anilines is 1. The fraction of sp³-hybridized carbons (Fsp3) is 0.588. The van der Waals surface area contributed by atoms with E-state index in [1.54, 1.807) is 0 Å². The summed E-state index contributed by atoms with van der Waals surface area (Å²) in [7, 11) is 0. The zero-order valence-corrected chi connectivity index (χ0v) is 12.9. The number of amides is 1. The van der Waals surface area contributed by atoms with Gasteiger partial charge >= 0.3 is 0 Å². The van der Waals surface area contributed by atoms with Crippen LogP contribution in [0.25, 0.3) is 0 Å². The molecule has 1 amide bonds. The lowest BCUT2D eigenvalue weighted by molar-refractivity contribution is -0.125. The van der Waals surface area contributed by atoms with E-state index in [2.05, 4.69) is 24.1 Å². The number of halogens is 1. The summed E-state index contributed by atoms with van der Waals surface area (Å²) in [6.45, 7) is 6.75. The van der Waals surface area contributed by atoms with Gasteiger partial charge in [-0.05, 0) is 49.4 Å². The second-order valence-corrected chi connectivity index (χ2v) is 5.84. The molecular weight excluding hydrogens is 267 g/mol. The molecule has 116 valence electrons. The van der Waals surface area contributed by atoms with E-state index < -0.39 is 0 Å². The molecule has 0 bridgehead atoms. The van der Waals surface area contributed by atoms with E-state index in [4.69, 9.17) is 0 Å². The van der Waals surface area contributed by atoms with Crippen molar-refractivity contribution in [3.8, 4) is 0 Å². The summed E-state index contributed by atoms with van der Waals surface area (Å²) in [6.07, 6.45) is 2.87. The Morgan fingerprint density at radius 3 is 2.62 bits per heavy atom. The van der Waals surface area contributed by atoms with Crippen molar-refractivity contribution in [1.82, 2.24) is 5.32 Å². The molecule has 0 spiro atoms. The molecule has 1 aromatic carbocycles. The molecule has 2 rings (SSSR count). The second-order valence-electron chi connectivity index (χ2n) is 5.84. The normalized spacial score (nSPS) is 18.3. The minimum absolute atomic E-state index is 0.139. The highest BCUT2D eigenvalue weighted by molar-refractivity contribution is 5.78. The van der Waals surface area contributed by atoms with Crippen LogP contribution in [0.2, 0.25) is 0 Å². The summed E-state index contributed by atoms with van der Waals surface area (Å²) in [4.78, 5) is 14.2. The highest BCUT2D eigenvalue weighted by Crippen LogP contribution is 2.23. The standard InChI is InChI=1S/C17H25FN2O/c1-3-14(4-2)17(21)19-11-13-9-10-20(12-13)16-7-5-15(18)6-8-16/h5-8,13-14H,3-4,9-12H2,1-2H3,(H,19,21). The van der Waals surface area contributed by atoms with Crippen molar-refractivity contribution in [3.05, 3.63) is 30.1 Å². The molecule has 21 heavy (non-hydrogen) atoms. The summed E-state index contributed by atoms with van der Waals surface area (Å²) in [5.74, 6) is 0.597. The molecule has 0 saturated carbocycles. The van der Waals surface area contributed by atoms with Gasteiger partial charge in [0.2, 0.25) is 5.91 Å². The fourth-order valence-electron chi connectivity index (χ4n) is 2.93. The summed E-state index contributed by atoms with van der Waals surface area (Å²) >= 11 is 0. The van der Waals surface area contributed by atoms with Crippen molar-refractivity contribution in [1.29, 1.82) is 0 Å². The molecule has 1 aliphatic rings. The molecular formula is C17H25FN2O. The van der Waals surface area contributed by atoms with Crippen molar-refractivity contribution in [3.63, 3.8) is 0 Å². The van der Waals surface area contributed by atoms with Crippen LogP contribution in [0.15, 0.2) is 24.3 Å². The Balaban J connectivity index is 1.80. The Morgan fingerprint density at radius 1 is 1.33 bits per heavy atom. The third-order valence-electron chi connectivity index (χ3n) is 4.40. The quantitative estimate of drug-likeness (QED) is 0.873. The topological polar surface area (TPSA) is 32.3 Å². The van der Waals surface area contributed by atoms with E-state index in [9.17, 15) is 9.18 Å². The average Bonchev–Trinajstić information content (AvgIpc) is 2.96. The van der Waals surface area contributed by atoms with Crippen molar-refractivity contribution in [2.45, 2.75) is 33.1 Å². The highest BCUT2D eigenvalue weighted by atomic mass is 19.1. The van der Waals surface area contributed by atoms with E-state index >= 15 is 0 Å². The van der Waals surface area contributed by atoms with Crippen LogP contribution in [0.5, 0.6) is 0 Å². The summed E-state index contributed by atoms with van der Waals surface area (Å²) < 4.78 is 12.9. The van der Waals surface area contributed by atoms with Crippen molar-refractivity contribution in [2.24, 2.45) is 11.8 Å². The predicted octanol–water partition coefficient (Wildman–Crippen LogP) is 3.20. The number of benzene rings is 1. The number of hydrogen-bond acceptors (Lipinski definition) is 2. The number of hydrogen-bond donors (Lipinski definition) is 1. The smallest absolute Gasteiger partial charge is 0.223 e. The van der Waals surface area contributed by atoms with E-state index in [-0.39, 0.29) is 17.6 Å². The zero-order chi connectivity index (χ0) is 15.2. The largest absolute Gasteiger partial charge is 0.371 e. The molecule has 1 aliphatic heterocycles. The van der Waals surface area contributed by atoms with Crippen LogP contribution in [-0.4, -0.2) is 25.5 Å². The van der Waals surface area contributed by atoms with Gasteiger partial charge in [0.15, 0.2) is 0 Å². The second kappa shape index (κ2) is 7.43. The zero-order valence-electron chi connectivity index (χ0n) is 12.9. The van der Waals surface area contributed by atoms with Crippen LogP contribution in [-0.2, 0) is 4.79 Å². The Bertz CT molecular complexity index is 456. The first-order chi connectivity index (χ1) is 10.1. The molecule has 1 N–H and O–H groups in total. The van der Waals surface area contributed by atoms with Gasteiger partial charge in [-0.15, -0.1) is 0 Å². The Morgan fingerprint density at radius 2 is 2.00 bits per heavy atom. The van der Waals surface area contributed by atoms with Gasteiger partial charge in [-0.1, -0.05) is 13.8 Å². The Labute approximate surface area is 126 Å². The molecule has 1 atom stereocenters. The lowest BCUT2D eigenvalue weighted by Gasteiger charge is -2.19. The summed E-state index contributed by atoms with van der Waals surface area (Å²) in [5.41, 5.74) is 1.06. The van der Waals surface area contributed by atoms with Crippen LogP contribution >= 0.6 is 0 Å². The number of nitrogens with zero attached hydrogens (tertiary/aromatic N) is 1. The molecule has 1 unspecified atom stereocenters. The Kier molecular flexibility index (Phi) is 5.59. The van der Waals surface area contributed by atoms with E-state index in [0.717, 1.165) is 44.6 Å². The number of rotatable bonds is 6. The maximum Gasteiger partial charge on any atom is 0.223 e. The predicted molar refractivity (Wildman–Crippen MR) is 83.8 cm³/mol. The molecule has 0 radical (unpaired) electrons. The molecule has 4 heteroatoms. The minimum atomic E-state index is -0.202. The summed E-state index contributed by atoms with van der Waals surface area (Å²) in [6, 6.07) is 6.63. The number of carbonyl (C=O) groups is 1. The molecule has 1 heterocycles. The SMILES string of the molecule is CCC(CC)C(=O)NCC1CCN(c2ccc(F)cc2)C1. The van der Waals surface area contributed by atoms with Gasteiger partial charge in [0.25, 0.3) is 0 Å². The number of nitrogens with one attached hydrogen (secondary N) is 1. The third-order valence-corrected chi connectivity index (χ3v) is 4.40. The van der Waals surface area contributed by atoms with Crippen LogP contribution in [0.3, 0.4) is 0 Å². The minimum Gasteiger partial charge on any atom is -0.371 e. The van der Waals surface area contributed by atoms with Crippen LogP contribution in [0, 0.1) is 17.7 Å². The van der Waals surface area contributed by atoms with Crippen molar-refractivity contribution >= 4 is 11.6 Å². The third kappa shape index (κ3) is 4.19. The first kappa shape index (κ1) is 15.8. The molecule has 1 fully saturated rings. The van der Waals surface area contributed by atoms with Crippen LogP contribution in [0.1, 0.15) is 33.1 Å². The maximum atomic E-state index is 12.9. The fourth-order valence-corrected chi connectivity index (χ4v) is 2.93. The van der Waals surface area contributed by atoms with Gasteiger partial charge in [0.05, 0.1) is 0 Å². The van der Waals surface area contributed by atoms with E-state index in [1.165, 1.54) is 12.1 Å². The lowest BCUT2D eigenvalue weighted by atomic mass is 10.0. The van der Waals surface area contributed by atoms with E-state index in [1.807, 2.05) is 12.1 Å². The highest BCUT2D eigenvalue weighted by Gasteiger charge is 2.24. The number of carbonyl (C=O) groups excluding carboxylic acids is 1.